The number of hydrogen-bond donors (Lipinski definition) is 8. The summed E-state index contributed by atoms with van der Waals surface area (Å²) in [5.74, 6) is -4.43. The van der Waals surface area contributed by atoms with Gasteiger partial charge in [-0.3, -0.25) is 44.6 Å². The van der Waals surface area contributed by atoms with Crippen molar-refractivity contribution < 1.29 is 56.1 Å². The quantitative estimate of drug-likeness (QED) is 0.0292. The molecule has 0 spiro atoms. The van der Waals surface area contributed by atoms with Crippen LogP contribution in [0, 0.1) is 28.3 Å². The van der Waals surface area contributed by atoms with E-state index in [0.717, 1.165) is 70.9 Å². The van der Waals surface area contributed by atoms with Crippen molar-refractivity contribution >= 4 is 157 Å². The number of ether oxygens (including phenoxy) is 3. The third kappa shape index (κ3) is 19.9. The molecule has 0 atom stereocenters. The first-order valence-electron chi connectivity index (χ1n) is 33.0. The number of methoxy groups -OCH3 is 3. The molecule has 0 unspecified atom stereocenters. The summed E-state index contributed by atoms with van der Waals surface area (Å²) in [4.78, 5) is 100. The molecule has 6 aromatic carbocycles. The minimum atomic E-state index is -0.800. The lowest BCUT2D eigenvalue weighted by atomic mass is 10.1. The fourth-order valence-electron chi connectivity index (χ4n) is 11.4. The number of benzene rings is 6. The van der Waals surface area contributed by atoms with Crippen molar-refractivity contribution in [3.05, 3.63) is 244 Å². The molecular weight excluding hydrogens is 1520 g/mol. The van der Waals surface area contributed by atoms with E-state index in [1.165, 1.54) is 137 Å². The number of amides is 6. The van der Waals surface area contributed by atoms with Crippen molar-refractivity contribution in [2.45, 2.75) is 32.1 Å². The Morgan fingerprint density at radius 2 is 0.713 bits per heavy atom. The largest absolute Gasteiger partial charge is 0.494 e. The third-order valence-electron chi connectivity index (χ3n) is 16.8. The highest BCUT2D eigenvalue weighted by Gasteiger charge is 2.29. The number of carbonyl (C=O) groups is 6. The van der Waals surface area contributed by atoms with E-state index in [2.05, 4.69) is 51.8 Å². The standard InChI is InChI=1S/C26H24Cl2FN5O3.C25H22Cl2FN5O3.C24H20Cl2FN5O3/c1-37-21-13-17(28)12-19(26(36)32-22-8-6-16(27)14-31-22)23(21)33-25(35)18-7-5-15(11-20(18)29)24(30)34-9-3-2-4-10-34;1-36-20-12-16(27)11-18(25(35)31-21-7-5-15(26)13-30-21)22(20)32-24(34)17-6-4-14(10-19(17)28)23(29)33-8-2-3-9-33;1-32-8-7-28-22(32)13-3-5-16(18(27)9-13)23(33)31-21-17(10-15(26)11-19(21)35-2)24(34)30-20-6-4-14(25)12-29-20/h5-8,11-14,30H,2-4,9-10H2,1H3,(H,33,35)(H,31,32,36);4-7,10-13,29H,2-3,8-9H2,1H3,(H,32,34)(H,30,31,35);3-6,9-12H,7-8H2,1-2H3,(H,31,33)(H,29,30,34). The number of anilines is 6. The SMILES string of the molecule is COc1cc(Cl)cc(C(=O)Nc2ccc(Cl)cn2)c1NC(=O)c1ccc(C(=N)N2CCCC2)cc1F.COc1cc(Cl)cc(C(=O)Nc2ccc(Cl)cn2)c1NC(=O)c1ccc(C(=N)N2CCCCC2)cc1F.COc1cc(Cl)cc(C(=O)Nc2ccc(Cl)cn2)c1NC(=O)c1ccc(C2=NCCN2C)cc1F. The number of pyridine rings is 3. The summed E-state index contributed by atoms with van der Waals surface area (Å²) < 4.78 is 60.9. The van der Waals surface area contributed by atoms with Gasteiger partial charge in [-0.2, -0.15) is 0 Å². The van der Waals surface area contributed by atoms with Gasteiger partial charge in [0.1, 0.15) is 69.7 Å². The fourth-order valence-corrected chi connectivity index (χ4v) is 12.4. The zero-order chi connectivity index (χ0) is 77.5. The fraction of sp³-hybridized carbons (Fsp3) is 0.200. The number of rotatable bonds is 18. The smallest absolute Gasteiger partial charge is 0.259 e. The molecule has 3 aliphatic rings. The lowest BCUT2D eigenvalue weighted by molar-refractivity contribution is 0.100. The molecule has 24 nitrogen and oxygen atoms in total. The molecule has 3 aliphatic heterocycles. The van der Waals surface area contributed by atoms with Crippen LogP contribution in [0.4, 0.5) is 47.7 Å². The van der Waals surface area contributed by atoms with E-state index in [9.17, 15) is 37.5 Å². The Morgan fingerprint density at radius 1 is 0.389 bits per heavy atom. The van der Waals surface area contributed by atoms with Gasteiger partial charge in [0.2, 0.25) is 0 Å². The average molecular weight is 1590 g/mol. The van der Waals surface area contributed by atoms with Gasteiger partial charge in [0.05, 0.1) is 93.4 Å². The van der Waals surface area contributed by atoms with Gasteiger partial charge in [-0.25, -0.2) is 28.1 Å². The average Bonchev–Trinajstić information content (AvgIpc) is 1.22. The molecule has 8 N–H and O–H groups in total. The Balaban J connectivity index is 0.000000173. The van der Waals surface area contributed by atoms with E-state index in [0.29, 0.717) is 44.1 Å². The van der Waals surface area contributed by atoms with Crippen molar-refractivity contribution in [3.63, 3.8) is 0 Å². The Hall–Kier alpha value is -11.1. The molecule has 108 heavy (non-hydrogen) atoms. The van der Waals surface area contributed by atoms with Gasteiger partial charge in [0, 0.05) is 108 Å². The van der Waals surface area contributed by atoms with Gasteiger partial charge in [0.25, 0.3) is 35.4 Å². The zero-order valence-corrected chi connectivity index (χ0v) is 62.4. The summed E-state index contributed by atoms with van der Waals surface area (Å²) in [6.07, 6.45) is 9.17. The second-order valence-electron chi connectivity index (χ2n) is 24.1. The summed E-state index contributed by atoms with van der Waals surface area (Å²) >= 11 is 36.0. The summed E-state index contributed by atoms with van der Waals surface area (Å²) in [7, 11) is 5.93. The number of amidine groups is 3. The minimum Gasteiger partial charge on any atom is -0.494 e. The second-order valence-corrected chi connectivity index (χ2v) is 26.7. The van der Waals surface area contributed by atoms with Crippen LogP contribution in [0.3, 0.4) is 0 Å². The number of nitrogens with zero attached hydrogens (tertiary/aromatic N) is 7. The first kappa shape index (κ1) is 79.5. The number of likely N-dealkylation sites (tertiary alicyclic amines) is 2. The maximum absolute atomic E-state index is 15.0. The molecule has 0 saturated carbocycles. The van der Waals surface area contributed by atoms with Crippen LogP contribution in [0.2, 0.25) is 30.1 Å². The van der Waals surface area contributed by atoms with E-state index in [-0.39, 0.29) is 112 Å². The third-order valence-corrected chi connectivity index (χ3v) is 18.1. The molecule has 0 radical (unpaired) electrons. The minimum absolute atomic E-state index is 0.00147. The molecule has 6 heterocycles. The summed E-state index contributed by atoms with van der Waals surface area (Å²) in [6, 6.07) is 29.8. The normalized spacial score (nSPS) is 12.9. The number of nitrogens with one attached hydrogen (secondary N) is 8. The molecule has 33 heteroatoms. The highest BCUT2D eigenvalue weighted by Crippen LogP contribution is 2.38. The van der Waals surface area contributed by atoms with E-state index >= 15 is 4.39 Å². The zero-order valence-electron chi connectivity index (χ0n) is 57.8. The molecule has 12 rings (SSSR count). The van der Waals surface area contributed by atoms with E-state index in [1.807, 2.05) is 21.7 Å². The number of likely N-dealkylation sites (N-methyl/N-ethyl adjacent to an activating group) is 1. The number of aliphatic imine (C=N–C) groups is 1. The van der Waals surface area contributed by atoms with Gasteiger partial charge in [-0.05, 0) is 123 Å². The van der Waals surface area contributed by atoms with Crippen LogP contribution in [-0.2, 0) is 0 Å². The number of aromatic nitrogens is 3. The summed E-state index contributed by atoms with van der Waals surface area (Å²) in [5, 5.41) is 34.0. The van der Waals surface area contributed by atoms with Crippen molar-refractivity contribution in [2.75, 3.05) is 99.5 Å². The van der Waals surface area contributed by atoms with E-state index in [4.69, 9.17) is 94.6 Å². The molecule has 2 saturated heterocycles. The monoisotopic (exact) mass is 1590 g/mol. The maximum atomic E-state index is 15.0. The lowest BCUT2D eigenvalue weighted by Crippen LogP contribution is -2.35. The van der Waals surface area contributed by atoms with Crippen LogP contribution in [0.15, 0.2) is 151 Å². The van der Waals surface area contributed by atoms with Crippen LogP contribution < -0.4 is 46.1 Å². The van der Waals surface area contributed by atoms with Crippen LogP contribution in [-0.4, -0.2) is 150 Å². The van der Waals surface area contributed by atoms with Crippen molar-refractivity contribution in [2.24, 2.45) is 4.99 Å². The Labute approximate surface area is 647 Å². The van der Waals surface area contributed by atoms with Crippen LogP contribution in [0.5, 0.6) is 17.2 Å². The first-order chi connectivity index (χ1) is 51.8. The van der Waals surface area contributed by atoms with Gasteiger partial charge < -0.3 is 60.8 Å². The molecule has 558 valence electrons. The molecular formula is C75H66Cl6F3N15O9. The molecule has 0 bridgehead atoms. The molecule has 6 amide bonds. The van der Waals surface area contributed by atoms with Gasteiger partial charge in [0.15, 0.2) is 0 Å². The van der Waals surface area contributed by atoms with Crippen LogP contribution in [0.1, 0.15) is 111 Å². The summed E-state index contributed by atoms with van der Waals surface area (Å²) in [6.45, 7) is 4.35. The topological polar surface area (TPSA) is 311 Å². The van der Waals surface area contributed by atoms with Gasteiger partial charge in [-0.15, -0.1) is 0 Å². The van der Waals surface area contributed by atoms with Crippen LogP contribution in [0.25, 0.3) is 0 Å². The number of piperidine rings is 1. The highest BCUT2D eigenvalue weighted by molar-refractivity contribution is 6.34. The van der Waals surface area contributed by atoms with Crippen molar-refractivity contribution in [1.82, 2.24) is 29.7 Å². The van der Waals surface area contributed by atoms with Crippen LogP contribution >= 0.6 is 69.6 Å². The van der Waals surface area contributed by atoms with Crippen molar-refractivity contribution in [1.29, 1.82) is 10.8 Å². The maximum Gasteiger partial charge on any atom is 0.259 e. The van der Waals surface area contributed by atoms with Crippen molar-refractivity contribution in [3.8, 4) is 17.2 Å². The van der Waals surface area contributed by atoms with E-state index < -0.39 is 52.9 Å². The van der Waals surface area contributed by atoms with Gasteiger partial charge in [-0.1, -0.05) is 87.8 Å². The number of carbonyl (C=O) groups excluding carboxylic acids is 6. The first-order valence-corrected chi connectivity index (χ1v) is 35.2. The number of hydrogen-bond acceptors (Lipinski definition) is 16. The Morgan fingerprint density at radius 3 is 1.01 bits per heavy atom. The summed E-state index contributed by atoms with van der Waals surface area (Å²) in [5.41, 5.74) is 0.622. The lowest BCUT2D eigenvalue weighted by Gasteiger charge is -2.29. The number of halogens is 9. The molecule has 9 aromatic rings. The molecule has 2 fully saturated rings. The second kappa shape index (κ2) is 36.5. The molecule has 3 aromatic heterocycles. The predicted molar refractivity (Wildman–Crippen MR) is 413 cm³/mol. The van der Waals surface area contributed by atoms with E-state index in [1.54, 1.807) is 24.3 Å². The predicted octanol–water partition coefficient (Wildman–Crippen LogP) is 16.0. The highest BCUT2D eigenvalue weighted by atomic mass is 35.5. The Kier molecular flexibility index (Phi) is 26.9. The molecule has 0 aliphatic carbocycles. The van der Waals surface area contributed by atoms with Gasteiger partial charge >= 0.3 is 0 Å². The Bertz CT molecular complexity index is 4980.